The molecule has 2 fully saturated rings. The molecule has 0 radical (unpaired) electrons. The fraction of sp³-hybridized carbons (Fsp3) is 0.488. The first-order valence-corrected chi connectivity index (χ1v) is 17.7. The molecule has 2 aliphatic carbocycles. The molecule has 0 unspecified atom stereocenters. The van der Waals surface area contributed by atoms with E-state index in [0.29, 0.717) is 16.9 Å². The highest BCUT2D eigenvalue weighted by Gasteiger charge is 2.46. The summed E-state index contributed by atoms with van der Waals surface area (Å²) in [5, 5.41) is 3.24. The summed E-state index contributed by atoms with van der Waals surface area (Å²) < 4.78 is 0. The van der Waals surface area contributed by atoms with Gasteiger partial charge >= 0.3 is 0 Å². The number of amides is 1. The minimum Gasteiger partial charge on any atom is -0.346 e. The Balaban J connectivity index is 0.00000114. The molecule has 3 nitrogen and oxygen atoms in total. The third-order valence-electron chi connectivity index (χ3n) is 9.21. The van der Waals surface area contributed by atoms with Gasteiger partial charge in [-0.05, 0) is 118 Å². The van der Waals surface area contributed by atoms with Gasteiger partial charge in [-0.1, -0.05) is 125 Å². The molecule has 0 saturated heterocycles. The lowest BCUT2D eigenvalue weighted by molar-refractivity contribution is -0.118. The van der Waals surface area contributed by atoms with Crippen LogP contribution in [0.5, 0.6) is 0 Å². The molecule has 250 valence electrons. The molecule has 1 N–H and O–H groups in total. The standard InChI is InChI=1S/C38H49NO.C3H6O.C2H6/c1-7-12-32(13-8-2)29(9-3)24-30(10-4)37(40)39-28(6)31-18-20-34(21-19-31)36(33-16-14-27(5)15-17-33)35-25-38(26-35)22-11-23-38;1-3(2)4;1-2/h9-10,14-21,24,28,32H,3,7-8,11-13,22-23,25-26H2,1-2,4-6H3,(H,39,40);1-2H3;1-2H3/b29-24+,30-10+;;/t28-;;/m1../s1. The van der Waals surface area contributed by atoms with Crippen LogP contribution in [-0.2, 0) is 9.59 Å². The molecule has 2 saturated carbocycles. The number of aryl methyl sites for hydroxylation is 1. The first-order chi connectivity index (χ1) is 22.1. The van der Waals surface area contributed by atoms with Crippen LogP contribution in [-0.4, -0.2) is 11.7 Å². The summed E-state index contributed by atoms with van der Waals surface area (Å²) in [6.07, 6.45) is 17.1. The van der Waals surface area contributed by atoms with Gasteiger partial charge in [-0.15, -0.1) is 0 Å². The van der Waals surface area contributed by atoms with E-state index in [0.717, 1.165) is 31.2 Å². The average Bonchev–Trinajstić information content (AvgIpc) is 3.00. The number of Topliss-reactive ketones (excluding diaryl/α,β-unsaturated/α-hetero) is 1. The molecule has 1 atom stereocenters. The molecule has 0 bridgehead atoms. The molecule has 1 spiro atoms. The molecule has 46 heavy (non-hydrogen) atoms. The van der Waals surface area contributed by atoms with Crippen molar-refractivity contribution < 1.29 is 9.59 Å². The molecule has 2 aliphatic rings. The third kappa shape index (κ3) is 10.8. The molecule has 0 aliphatic heterocycles. The van der Waals surface area contributed by atoms with Crippen LogP contribution in [0, 0.1) is 18.3 Å². The Kier molecular flexibility index (Phi) is 16.2. The number of allylic oxidation sites excluding steroid dienone is 4. The van der Waals surface area contributed by atoms with Crippen LogP contribution in [0.15, 0.2) is 90.1 Å². The van der Waals surface area contributed by atoms with Crippen LogP contribution in [0.25, 0.3) is 5.57 Å². The van der Waals surface area contributed by atoms with Crippen molar-refractivity contribution in [3.8, 4) is 0 Å². The smallest absolute Gasteiger partial charge is 0.251 e. The second-order valence-corrected chi connectivity index (χ2v) is 13.1. The fourth-order valence-electron chi connectivity index (χ4n) is 6.64. The molecule has 0 heterocycles. The van der Waals surface area contributed by atoms with Gasteiger partial charge < -0.3 is 10.1 Å². The zero-order chi connectivity index (χ0) is 34.3. The lowest BCUT2D eigenvalue weighted by Gasteiger charge is -2.52. The van der Waals surface area contributed by atoms with E-state index in [9.17, 15) is 9.59 Å². The summed E-state index contributed by atoms with van der Waals surface area (Å²) in [6, 6.07) is 17.8. The zero-order valence-corrected chi connectivity index (χ0v) is 30.4. The molecule has 2 aromatic carbocycles. The number of nitrogens with one attached hydrogen (secondary N) is 1. The van der Waals surface area contributed by atoms with Gasteiger partial charge in [0.2, 0.25) is 0 Å². The lowest BCUT2D eigenvalue weighted by Crippen LogP contribution is -2.38. The molecule has 4 rings (SSSR count). The van der Waals surface area contributed by atoms with Crippen LogP contribution in [0.4, 0.5) is 0 Å². The third-order valence-corrected chi connectivity index (χ3v) is 9.21. The molecule has 1 amide bonds. The number of benzene rings is 2. The SMILES string of the molecule is C=C/C(=C\C(=C/C)C(=O)N[C@H](C)c1ccc(C(=C2CC3(CCC3)C2)c2ccc(C)cc2)cc1)C(CCC)CCC.CC.CC(C)=O. The Morgan fingerprint density at radius 2 is 1.41 bits per heavy atom. The summed E-state index contributed by atoms with van der Waals surface area (Å²) in [4.78, 5) is 22.7. The Morgan fingerprint density at radius 3 is 1.83 bits per heavy atom. The van der Waals surface area contributed by atoms with Crippen LogP contribution in [0.2, 0.25) is 0 Å². The van der Waals surface area contributed by atoms with E-state index in [-0.39, 0.29) is 17.7 Å². The fourth-order valence-corrected chi connectivity index (χ4v) is 6.64. The summed E-state index contributed by atoms with van der Waals surface area (Å²) in [5.74, 6) is 0.583. The summed E-state index contributed by atoms with van der Waals surface area (Å²) in [6.45, 7) is 21.7. The summed E-state index contributed by atoms with van der Waals surface area (Å²) >= 11 is 0. The minimum absolute atomic E-state index is 0.0344. The topological polar surface area (TPSA) is 46.2 Å². The molecule has 2 aromatic rings. The first kappa shape index (κ1) is 38.7. The van der Waals surface area contributed by atoms with Gasteiger partial charge in [0.15, 0.2) is 0 Å². The summed E-state index contributed by atoms with van der Waals surface area (Å²) in [5.41, 5.74) is 10.5. The lowest BCUT2D eigenvalue weighted by atomic mass is 9.53. The van der Waals surface area contributed by atoms with Crippen molar-refractivity contribution in [1.82, 2.24) is 5.32 Å². The Morgan fingerprint density at radius 1 is 0.913 bits per heavy atom. The van der Waals surface area contributed by atoms with Gasteiger partial charge in [0.25, 0.3) is 5.91 Å². The highest BCUT2D eigenvalue weighted by atomic mass is 16.1. The van der Waals surface area contributed by atoms with Gasteiger partial charge in [-0.25, -0.2) is 0 Å². The monoisotopic (exact) mass is 623 g/mol. The van der Waals surface area contributed by atoms with Crippen LogP contribution in [0.1, 0.15) is 141 Å². The molecule has 0 aromatic heterocycles. The van der Waals surface area contributed by atoms with E-state index in [1.54, 1.807) is 5.57 Å². The van der Waals surface area contributed by atoms with Crippen LogP contribution in [0.3, 0.4) is 0 Å². The van der Waals surface area contributed by atoms with Gasteiger partial charge in [0.05, 0.1) is 6.04 Å². The Hall–Kier alpha value is -3.46. The van der Waals surface area contributed by atoms with E-state index >= 15 is 0 Å². The number of hydrogen-bond acceptors (Lipinski definition) is 2. The highest BCUT2D eigenvalue weighted by Crippen LogP contribution is 2.60. The zero-order valence-electron chi connectivity index (χ0n) is 30.4. The Bertz CT molecular complexity index is 1350. The van der Waals surface area contributed by atoms with E-state index < -0.39 is 0 Å². The van der Waals surface area contributed by atoms with Crippen LogP contribution < -0.4 is 5.32 Å². The second kappa shape index (κ2) is 19.3. The van der Waals surface area contributed by atoms with Crippen molar-refractivity contribution in [3.05, 3.63) is 112 Å². The maximum atomic E-state index is 13.3. The maximum absolute atomic E-state index is 13.3. The van der Waals surface area contributed by atoms with Crippen molar-refractivity contribution in [2.45, 2.75) is 126 Å². The number of hydrogen-bond donors (Lipinski definition) is 1. The van der Waals surface area contributed by atoms with E-state index in [1.165, 1.54) is 73.8 Å². The van der Waals surface area contributed by atoms with Crippen molar-refractivity contribution in [3.63, 3.8) is 0 Å². The maximum Gasteiger partial charge on any atom is 0.251 e. The van der Waals surface area contributed by atoms with Crippen molar-refractivity contribution in [2.75, 3.05) is 0 Å². The number of ketones is 1. The number of carbonyl (C=O) groups is 2. The van der Waals surface area contributed by atoms with E-state index in [1.807, 2.05) is 39.0 Å². The van der Waals surface area contributed by atoms with Crippen molar-refractivity contribution in [1.29, 1.82) is 0 Å². The van der Waals surface area contributed by atoms with Gasteiger partial charge in [0.1, 0.15) is 5.78 Å². The Labute approximate surface area is 281 Å². The minimum atomic E-state index is -0.0865. The summed E-state index contributed by atoms with van der Waals surface area (Å²) in [7, 11) is 0. The van der Waals surface area contributed by atoms with Gasteiger partial charge in [-0.3, -0.25) is 4.79 Å². The van der Waals surface area contributed by atoms with Crippen molar-refractivity contribution >= 4 is 17.3 Å². The normalized spacial score (nSPS) is 15.7. The van der Waals surface area contributed by atoms with Crippen molar-refractivity contribution in [2.24, 2.45) is 11.3 Å². The second-order valence-electron chi connectivity index (χ2n) is 13.1. The molecular weight excluding hydrogens is 562 g/mol. The van der Waals surface area contributed by atoms with E-state index in [4.69, 9.17) is 0 Å². The number of carbonyl (C=O) groups excluding carboxylic acids is 2. The number of rotatable bonds is 12. The predicted molar refractivity (Wildman–Crippen MR) is 199 cm³/mol. The largest absolute Gasteiger partial charge is 0.346 e. The predicted octanol–water partition coefficient (Wildman–Crippen LogP) is 11.8. The van der Waals surface area contributed by atoms with E-state index in [2.05, 4.69) is 88.1 Å². The first-order valence-electron chi connectivity index (χ1n) is 17.7. The highest BCUT2D eigenvalue weighted by molar-refractivity contribution is 5.96. The average molecular weight is 624 g/mol. The quantitative estimate of drug-likeness (QED) is 0.189. The van der Waals surface area contributed by atoms with Crippen LogP contribution >= 0.6 is 0 Å². The van der Waals surface area contributed by atoms with Gasteiger partial charge in [-0.2, -0.15) is 0 Å². The molecule has 3 heteroatoms. The van der Waals surface area contributed by atoms with Gasteiger partial charge in [0, 0.05) is 5.57 Å². The molecular formula is C43H61NO2.